The third kappa shape index (κ3) is 4.84. The van der Waals surface area contributed by atoms with Crippen molar-refractivity contribution in [3.05, 3.63) is 0 Å². The van der Waals surface area contributed by atoms with Gasteiger partial charge in [-0.25, -0.2) is 0 Å². The fourth-order valence-corrected chi connectivity index (χ4v) is 0.889. The molecule has 0 radical (unpaired) electrons. The molecule has 0 unspecified atom stereocenters. The van der Waals surface area contributed by atoms with Crippen LogP contribution < -0.4 is 0 Å². The molecule has 0 heterocycles. The molecule has 0 bridgehead atoms. The van der Waals surface area contributed by atoms with Crippen LogP contribution in [0.15, 0.2) is 0 Å². The molecular formula is C8H14O7. The third-order valence-electron chi connectivity index (χ3n) is 1.80. The lowest BCUT2D eigenvalue weighted by Crippen LogP contribution is -2.42. The van der Waals surface area contributed by atoms with Crippen LogP contribution >= 0.6 is 0 Å². The van der Waals surface area contributed by atoms with E-state index in [0.717, 1.165) is 0 Å². The predicted octanol–water partition coefficient (Wildman–Crippen LogP) is -2.50. The highest BCUT2D eigenvalue weighted by atomic mass is 16.4. The molecule has 0 aliphatic heterocycles. The van der Waals surface area contributed by atoms with Crippen molar-refractivity contribution in [1.29, 1.82) is 0 Å². The van der Waals surface area contributed by atoms with Gasteiger partial charge in [0.1, 0.15) is 18.3 Å². The molecule has 0 aromatic rings. The first-order chi connectivity index (χ1) is 6.90. The zero-order valence-electron chi connectivity index (χ0n) is 7.91. The van der Waals surface area contributed by atoms with E-state index in [2.05, 4.69) is 0 Å². The van der Waals surface area contributed by atoms with E-state index < -0.39 is 43.1 Å². The highest BCUT2D eigenvalue weighted by Gasteiger charge is 2.29. The Morgan fingerprint density at radius 3 is 2.07 bits per heavy atom. The van der Waals surface area contributed by atoms with Gasteiger partial charge in [-0.1, -0.05) is 0 Å². The van der Waals surface area contributed by atoms with E-state index in [1.165, 1.54) is 0 Å². The van der Waals surface area contributed by atoms with Gasteiger partial charge in [0.25, 0.3) is 0 Å². The van der Waals surface area contributed by atoms with E-state index in [1.54, 1.807) is 0 Å². The summed E-state index contributed by atoms with van der Waals surface area (Å²) < 4.78 is 0. The molecule has 5 N–H and O–H groups in total. The first kappa shape index (κ1) is 14.0. The molecule has 7 heteroatoms. The Bertz CT molecular complexity index is 227. The van der Waals surface area contributed by atoms with E-state index in [1.807, 2.05) is 0 Å². The van der Waals surface area contributed by atoms with E-state index in [-0.39, 0.29) is 6.42 Å². The van der Waals surface area contributed by atoms with Gasteiger partial charge in [-0.3, -0.25) is 9.59 Å². The second-order valence-electron chi connectivity index (χ2n) is 3.05. The summed E-state index contributed by atoms with van der Waals surface area (Å²) >= 11 is 0. The number of carbonyl (C=O) groups is 2. The second-order valence-corrected chi connectivity index (χ2v) is 3.05. The van der Waals surface area contributed by atoms with Gasteiger partial charge >= 0.3 is 5.97 Å². The second kappa shape index (κ2) is 6.46. The van der Waals surface area contributed by atoms with Gasteiger partial charge in [-0.05, 0) is 6.42 Å². The van der Waals surface area contributed by atoms with Crippen LogP contribution in [0, 0.1) is 0 Å². The molecule has 0 aromatic heterocycles. The maximum atomic E-state index is 11.1. The molecule has 88 valence electrons. The molecule has 3 atom stereocenters. The standard InChI is InChI=1S/C8H14O7/c9-3-5(11)8(15)7(14)4(10)1-2-6(12)13/h4-5,8-11,15H,1-3H2,(H,12,13)/t4-,5-,8-/m1/s1. The fraction of sp³-hybridized carbons (Fsp3) is 0.750. The average Bonchev–Trinajstić information content (AvgIpc) is 2.22. The summed E-state index contributed by atoms with van der Waals surface area (Å²) in [5.41, 5.74) is 0. The van der Waals surface area contributed by atoms with Crippen molar-refractivity contribution in [1.82, 2.24) is 0 Å². The number of carboxylic acid groups (broad SMARTS) is 1. The molecule has 0 rings (SSSR count). The summed E-state index contributed by atoms with van der Waals surface area (Å²) in [6, 6.07) is 0. The SMILES string of the molecule is O=C(O)CC[C@@H](O)C(=O)[C@H](O)[C@H](O)CO. The van der Waals surface area contributed by atoms with Gasteiger partial charge in [-0.2, -0.15) is 0 Å². The maximum Gasteiger partial charge on any atom is 0.303 e. The highest BCUT2D eigenvalue weighted by Crippen LogP contribution is 2.04. The molecule has 0 aliphatic rings. The van der Waals surface area contributed by atoms with Crippen LogP contribution in [0.1, 0.15) is 12.8 Å². The van der Waals surface area contributed by atoms with Crippen molar-refractivity contribution in [3.63, 3.8) is 0 Å². The number of rotatable bonds is 7. The number of Topliss-reactive ketones (excluding diaryl/α,β-unsaturated/α-hetero) is 1. The Hall–Kier alpha value is -1.02. The number of aliphatic hydroxyl groups is 4. The summed E-state index contributed by atoms with van der Waals surface area (Å²) in [6.45, 7) is -0.821. The molecule has 7 nitrogen and oxygen atoms in total. The zero-order valence-corrected chi connectivity index (χ0v) is 7.91. The Morgan fingerprint density at radius 2 is 1.67 bits per heavy atom. The number of carbonyl (C=O) groups excluding carboxylic acids is 1. The first-order valence-corrected chi connectivity index (χ1v) is 4.30. The molecule has 0 amide bonds. The molecule has 0 fully saturated rings. The lowest BCUT2D eigenvalue weighted by atomic mass is 10.0. The van der Waals surface area contributed by atoms with Crippen molar-refractivity contribution in [2.24, 2.45) is 0 Å². The van der Waals surface area contributed by atoms with Gasteiger partial charge in [0.15, 0.2) is 5.78 Å². The average molecular weight is 222 g/mol. The molecule has 0 saturated carbocycles. The third-order valence-corrected chi connectivity index (χ3v) is 1.80. The van der Waals surface area contributed by atoms with Crippen LogP contribution in [0.5, 0.6) is 0 Å². The smallest absolute Gasteiger partial charge is 0.303 e. The first-order valence-electron chi connectivity index (χ1n) is 4.30. The Labute approximate surface area is 85.6 Å². The van der Waals surface area contributed by atoms with Crippen LogP contribution in [0.25, 0.3) is 0 Å². The molecule has 0 aliphatic carbocycles. The molecule has 0 spiro atoms. The van der Waals surface area contributed by atoms with Crippen LogP contribution in [-0.2, 0) is 9.59 Å². The summed E-state index contributed by atoms with van der Waals surface area (Å²) in [5.74, 6) is -2.28. The lowest BCUT2D eigenvalue weighted by molar-refractivity contribution is -0.144. The molecule has 0 aromatic carbocycles. The number of carboxylic acids is 1. The van der Waals surface area contributed by atoms with Crippen molar-refractivity contribution < 1.29 is 35.1 Å². The van der Waals surface area contributed by atoms with Crippen molar-refractivity contribution >= 4 is 11.8 Å². The van der Waals surface area contributed by atoms with Crippen molar-refractivity contribution in [3.8, 4) is 0 Å². The van der Waals surface area contributed by atoms with Crippen molar-refractivity contribution in [2.75, 3.05) is 6.61 Å². The van der Waals surface area contributed by atoms with Crippen molar-refractivity contribution in [2.45, 2.75) is 31.2 Å². The van der Waals surface area contributed by atoms with Gasteiger partial charge in [0.2, 0.25) is 0 Å². The largest absolute Gasteiger partial charge is 0.481 e. The van der Waals surface area contributed by atoms with Crippen LogP contribution in [0.4, 0.5) is 0 Å². The number of aliphatic hydroxyl groups excluding tert-OH is 4. The Morgan fingerprint density at radius 1 is 1.13 bits per heavy atom. The minimum Gasteiger partial charge on any atom is -0.481 e. The fourth-order valence-electron chi connectivity index (χ4n) is 0.889. The van der Waals surface area contributed by atoms with Crippen LogP contribution in [0.3, 0.4) is 0 Å². The highest BCUT2D eigenvalue weighted by molar-refractivity contribution is 5.87. The Kier molecular flexibility index (Phi) is 6.02. The normalized spacial score (nSPS) is 16.8. The van der Waals surface area contributed by atoms with E-state index >= 15 is 0 Å². The number of hydrogen-bond donors (Lipinski definition) is 5. The quantitative estimate of drug-likeness (QED) is 0.321. The summed E-state index contributed by atoms with van der Waals surface area (Å²) in [7, 11) is 0. The lowest BCUT2D eigenvalue weighted by Gasteiger charge is -2.17. The Balaban J connectivity index is 4.13. The van der Waals surface area contributed by atoms with Gasteiger partial charge < -0.3 is 25.5 Å². The summed E-state index contributed by atoms with van der Waals surface area (Å²) in [6.07, 6.45) is -5.99. The summed E-state index contributed by atoms with van der Waals surface area (Å²) in [5, 5.41) is 43.7. The van der Waals surface area contributed by atoms with Crippen LogP contribution in [-0.4, -0.2) is 62.2 Å². The zero-order chi connectivity index (χ0) is 12.0. The maximum absolute atomic E-state index is 11.1. The molecule has 15 heavy (non-hydrogen) atoms. The monoisotopic (exact) mass is 222 g/mol. The number of ketones is 1. The van der Waals surface area contributed by atoms with E-state index in [4.69, 9.17) is 25.5 Å². The molecular weight excluding hydrogens is 208 g/mol. The van der Waals surface area contributed by atoms with E-state index in [9.17, 15) is 9.59 Å². The number of hydrogen-bond acceptors (Lipinski definition) is 6. The van der Waals surface area contributed by atoms with Gasteiger partial charge in [0.05, 0.1) is 6.61 Å². The van der Waals surface area contributed by atoms with E-state index in [0.29, 0.717) is 0 Å². The minimum absolute atomic E-state index is 0.344. The predicted molar refractivity (Wildman–Crippen MR) is 47.0 cm³/mol. The minimum atomic E-state index is -1.90. The topological polar surface area (TPSA) is 135 Å². The van der Waals surface area contributed by atoms with Gasteiger partial charge in [0, 0.05) is 6.42 Å². The number of aliphatic carboxylic acids is 1. The van der Waals surface area contributed by atoms with Gasteiger partial charge in [-0.15, -0.1) is 0 Å². The summed E-state index contributed by atoms with van der Waals surface area (Å²) in [4.78, 5) is 21.2. The van der Waals surface area contributed by atoms with Crippen LogP contribution in [0.2, 0.25) is 0 Å². The molecule has 0 saturated heterocycles.